The summed E-state index contributed by atoms with van der Waals surface area (Å²) in [5.41, 5.74) is 1.11. The SMILES string of the molecule is O=C1CCCC(=O)N1CCS(=O)(=O)NCCn1nc(-c2ccccc2)ccc1=O. The van der Waals surface area contributed by atoms with Crippen molar-refractivity contribution < 1.29 is 18.0 Å². The summed E-state index contributed by atoms with van der Waals surface area (Å²) in [6, 6.07) is 12.3. The second-order valence-electron chi connectivity index (χ2n) is 6.65. The van der Waals surface area contributed by atoms with Crippen LogP contribution in [0.15, 0.2) is 47.3 Å². The highest BCUT2D eigenvalue weighted by molar-refractivity contribution is 7.89. The third-order valence-corrected chi connectivity index (χ3v) is 5.91. The molecule has 1 aromatic carbocycles. The minimum absolute atomic E-state index is 0.0324. The van der Waals surface area contributed by atoms with E-state index in [1.807, 2.05) is 30.3 Å². The maximum atomic E-state index is 12.2. The van der Waals surface area contributed by atoms with Crippen LogP contribution in [0.5, 0.6) is 0 Å². The number of nitrogens with one attached hydrogen (secondary N) is 1. The number of amides is 2. The molecule has 0 bridgehead atoms. The van der Waals surface area contributed by atoms with E-state index in [1.165, 1.54) is 10.7 Å². The molecule has 1 aliphatic heterocycles. The molecule has 9 nitrogen and oxygen atoms in total. The largest absolute Gasteiger partial charge is 0.282 e. The molecule has 2 heterocycles. The van der Waals surface area contributed by atoms with Crippen LogP contribution in [0, 0.1) is 0 Å². The van der Waals surface area contributed by atoms with Gasteiger partial charge in [0.25, 0.3) is 5.56 Å². The molecule has 0 saturated carbocycles. The summed E-state index contributed by atoms with van der Waals surface area (Å²) in [6.07, 6.45) is 1.01. The second-order valence-corrected chi connectivity index (χ2v) is 8.58. The summed E-state index contributed by atoms with van der Waals surface area (Å²) in [7, 11) is -3.71. The van der Waals surface area contributed by atoms with E-state index in [0.717, 1.165) is 10.5 Å². The average Bonchev–Trinajstić information content (AvgIpc) is 2.69. The second kappa shape index (κ2) is 9.10. The molecular weight excluding hydrogens is 396 g/mol. The monoisotopic (exact) mass is 418 g/mol. The van der Waals surface area contributed by atoms with Crippen molar-refractivity contribution in [2.75, 3.05) is 18.8 Å². The van der Waals surface area contributed by atoms with Gasteiger partial charge in [-0.25, -0.2) is 17.8 Å². The molecule has 154 valence electrons. The molecule has 1 aromatic heterocycles. The summed E-state index contributed by atoms with van der Waals surface area (Å²) < 4.78 is 27.9. The van der Waals surface area contributed by atoms with E-state index in [0.29, 0.717) is 12.1 Å². The molecule has 29 heavy (non-hydrogen) atoms. The summed E-state index contributed by atoms with van der Waals surface area (Å²) in [4.78, 5) is 36.5. The van der Waals surface area contributed by atoms with Gasteiger partial charge in [0, 0.05) is 37.6 Å². The third-order valence-electron chi connectivity index (χ3n) is 4.55. The number of carbonyl (C=O) groups is 2. The van der Waals surface area contributed by atoms with Crippen molar-refractivity contribution in [1.82, 2.24) is 19.4 Å². The van der Waals surface area contributed by atoms with Crippen LogP contribution >= 0.6 is 0 Å². The summed E-state index contributed by atoms with van der Waals surface area (Å²) in [5.74, 6) is -1.06. The minimum Gasteiger partial charge on any atom is -0.282 e. The Hall–Kier alpha value is -2.85. The Labute approximate surface area is 168 Å². The Morgan fingerprint density at radius 3 is 2.31 bits per heavy atom. The van der Waals surface area contributed by atoms with Gasteiger partial charge >= 0.3 is 0 Å². The molecule has 10 heteroatoms. The van der Waals surface area contributed by atoms with E-state index >= 15 is 0 Å². The molecule has 1 fully saturated rings. The van der Waals surface area contributed by atoms with Crippen LogP contribution in [0.1, 0.15) is 19.3 Å². The van der Waals surface area contributed by atoms with Crippen LogP contribution in [0.25, 0.3) is 11.3 Å². The molecule has 0 spiro atoms. The number of nitrogens with zero attached hydrogens (tertiary/aromatic N) is 3. The number of rotatable bonds is 8. The number of likely N-dealkylation sites (tertiary alicyclic amines) is 1. The molecule has 3 rings (SSSR count). The van der Waals surface area contributed by atoms with Gasteiger partial charge in [0.05, 0.1) is 18.0 Å². The van der Waals surface area contributed by atoms with Crippen molar-refractivity contribution in [3.63, 3.8) is 0 Å². The molecule has 1 N–H and O–H groups in total. The predicted octanol–water partition coefficient (Wildman–Crippen LogP) is 0.369. The zero-order valence-electron chi connectivity index (χ0n) is 15.8. The zero-order valence-corrected chi connectivity index (χ0v) is 16.6. The summed E-state index contributed by atoms with van der Waals surface area (Å²) in [5, 5.41) is 4.27. The number of imide groups is 1. The number of carbonyl (C=O) groups excluding carboxylic acids is 2. The maximum Gasteiger partial charge on any atom is 0.266 e. The maximum absolute atomic E-state index is 12.2. The smallest absolute Gasteiger partial charge is 0.266 e. The Balaban J connectivity index is 1.57. The van der Waals surface area contributed by atoms with Crippen LogP contribution in [-0.4, -0.2) is 53.8 Å². The van der Waals surface area contributed by atoms with Gasteiger partial charge in [-0.2, -0.15) is 5.10 Å². The molecule has 0 atom stereocenters. The lowest BCUT2D eigenvalue weighted by Gasteiger charge is -2.24. The van der Waals surface area contributed by atoms with Gasteiger partial charge in [0.2, 0.25) is 21.8 Å². The van der Waals surface area contributed by atoms with Crippen molar-refractivity contribution in [3.05, 3.63) is 52.8 Å². The molecule has 2 amide bonds. The minimum atomic E-state index is -3.71. The first-order chi connectivity index (χ1) is 13.9. The van der Waals surface area contributed by atoms with Crippen molar-refractivity contribution in [2.24, 2.45) is 0 Å². The first kappa shape index (κ1) is 20.9. The van der Waals surface area contributed by atoms with Gasteiger partial charge in [0.15, 0.2) is 0 Å². The topological polar surface area (TPSA) is 118 Å². The van der Waals surface area contributed by atoms with Gasteiger partial charge in [-0.15, -0.1) is 0 Å². The predicted molar refractivity (Wildman–Crippen MR) is 106 cm³/mol. The number of aromatic nitrogens is 2. The van der Waals surface area contributed by atoms with Crippen LogP contribution < -0.4 is 10.3 Å². The van der Waals surface area contributed by atoms with Gasteiger partial charge < -0.3 is 0 Å². The zero-order chi connectivity index (χ0) is 20.9. The lowest BCUT2D eigenvalue weighted by atomic mass is 10.1. The lowest BCUT2D eigenvalue weighted by Crippen LogP contribution is -2.44. The number of sulfonamides is 1. The molecule has 1 saturated heterocycles. The van der Waals surface area contributed by atoms with Crippen LogP contribution in [0.3, 0.4) is 0 Å². The number of hydrogen-bond donors (Lipinski definition) is 1. The normalized spacial score (nSPS) is 15.0. The number of piperidine rings is 1. The highest BCUT2D eigenvalue weighted by atomic mass is 32.2. The van der Waals surface area contributed by atoms with E-state index in [9.17, 15) is 22.8 Å². The number of benzene rings is 1. The molecule has 0 unspecified atom stereocenters. The van der Waals surface area contributed by atoms with Crippen molar-refractivity contribution in [2.45, 2.75) is 25.8 Å². The third kappa shape index (κ3) is 5.58. The Bertz CT molecular complexity index is 1030. The standard InChI is InChI=1S/C19H22N4O5S/c24-17-7-4-8-18(25)22(17)13-14-29(27,28)20-11-12-23-19(26)10-9-16(21-23)15-5-2-1-3-6-15/h1-3,5-6,9-10,20H,4,7-8,11-14H2. The van der Waals surface area contributed by atoms with Gasteiger partial charge in [-0.05, 0) is 12.5 Å². The van der Waals surface area contributed by atoms with E-state index in [1.54, 1.807) is 6.07 Å². The molecule has 0 aliphatic carbocycles. The first-order valence-electron chi connectivity index (χ1n) is 9.30. The average molecular weight is 418 g/mol. The van der Waals surface area contributed by atoms with E-state index < -0.39 is 10.0 Å². The fourth-order valence-corrected chi connectivity index (χ4v) is 3.98. The van der Waals surface area contributed by atoms with Crippen LogP contribution in [0.2, 0.25) is 0 Å². The highest BCUT2D eigenvalue weighted by Crippen LogP contribution is 2.14. The Morgan fingerprint density at radius 1 is 0.931 bits per heavy atom. The summed E-state index contributed by atoms with van der Waals surface area (Å²) in [6.45, 7) is -0.148. The molecule has 1 aliphatic rings. The van der Waals surface area contributed by atoms with Gasteiger partial charge in [-0.1, -0.05) is 30.3 Å². The molecule has 0 radical (unpaired) electrons. The van der Waals surface area contributed by atoms with E-state index in [4.69, 9.17) is 0 Å². The van der Waals surface area contributed by atoms with Crippen molar-refractivity contribution >= 4 is 21.8 Å². The van der Waals surface area contributed by atoms with Gasteiger partial charge in [-0.3, -0.25) is 19.3 Å². The fourth-order valence-electron chi connectivity index (χ4n) is 3.01. The molecular formula is C19H22N4O5S. The Morgan fingerprint density at radius 2 is 1.62 bits per heavy atom. The number of hydrogen-bond acceptors (Lipinski definition) is 6. The highest BCUT2D eigenvalue weighted by Gasteiger charge is 2.27. The van der Waals surface area contributed by atoms with Gasteiger partial charge in [0.1, 0.15) is 0 Å². The van der Waals surface area contributed by atoms with Crippen molar-refractivity contribution in [3.8, 4) is 11.3 Å². The summed E-state index contributed by atoms with van der Waals surface area (Å²) >= 11 is 0. The fraction of sp³-hybridized carbons (Fsp3) is 0.368. The van der Waals surface area contributed by atoms with Crippen LogP contribution in [-0.2, 0) is 26.2 Å². The van der Waals surface area contributed by atoms with E-state index in [2.05, 4.69) is 9.82 Å². The van der Waals surface area contributed by atoms with E-state index in [-0.39, 0.29) is 55.6 Å². The molecule has 2 aromatic rings. The van der Waals surface area contributed by atoms with Crippen LogP contribution in [0.4, 0.5) is 0 Å². The lowest BCUT2D eigenvalue weighted by molar-refractivity contribution is -0.147. The quantitative estimate of drug-likeness (QED) is 0.619. The first-order valence-corrected chi connectivity index (χ1v) is 10.9. The van der Waals surface area contributed by atoms with Crippen molar-refractivity contribution in [1.29, 1.82) is 0 Å². The Kier molecular flexibility index (Phi) is 6.55.